The van der Waals surface area contributed by atoms with Gasteiger partial charge in [0.05, 0.1) is 0 Å². The van der Waals surface area contributed by atoms with Crippen LogP contribution in [0.1, 0.15) is 12.0 Å². The molecule has 0 radical (unpaired) electrons. The monoisotopic (exact) mass is 199 g/mol. The Morgan fingerprint density at radius 2 is 2.29 bits per heavy atom. The number of halogens is 2. The van der Waals surface area contributed by atoms with Crippen molar-refractivity contribution in [2.24, 2.45) is 7.05 Å². The van der Waals surface area contributed by atoms with E-state index in [0.29, 0.717) is 0 Å². The molecule has 4 nitrogen and oxygen atoms in total. The first-order valence-electron chi connectivity index (χ1n) is 3.92. The molecule has 0 aliphatic heterocycles. The molecule has 0 fully saturated rings. The molecule has 0 unspecified atom stereocenters. The molecule has 0 saturated carbocycles. The first-order chi connectivity index (χ1) is 6.58. The number of aryl methyl sites for hydroxylation is 1. The fraction of sp³-hybridized carbons (Fsp3) is 0.250. The maximum Gasteiger partial charge on any atom is 0.264 e. The number of hydrogen-bond donors (Lipinski definition) is 1. The second kappa shape index (κ2) is 2.90. The lowest BCUT2D eigenvalue weighted by Crippen LogP contribution is -2.06. The van der Waals surface area contributed by atoms with Crippen LogP contribution in [0.5, 0.6) is 0 Å². The fourth-order valence-electron chi connectivity index (χ4n) is 1.34. The first kappa shape index (κ1) is 8.86. The normalized spacial score (nSPS) is 11.4. The van der Waals surface area contributed by atoms with Gasteiger partial charge in [0.15, 0.2) is 5.65 Å². The number of nitrogens with one attached hydrogen (secondary N) is 1. The van der Waals surface area contributed by atoms with Gasteiger partial charge in [-0.25, -0.2) is 8.78 Å². The van der Waals surface area contributed by atoms with Gasteiger partial charge in [0.25, 0.3) is 6.43 Å². The standard InChI is InChI=1S/C8H7F2N3O/c1-13-3-5-4(7(9)10)2-6(14)11-8(5)12-13/h2-3,7H,1H3,(H,11,12,14). The predicted octanol–water partition coefficient (Wildman–Crippen LogP) is 1.20. The maximum absolute atomic E-state index is 12.5. The van der Waals surface area contributed by atoms with Gasteiger partial charge in [-0.1, -0.05) is 0 Å². The van der Waals surface area contributed by atoms with Crippen molar-refractivity contribution < 1.29 is 8.78 Å². The number of fused-ring (bicyclic) bond motifs is 1. The van der Waals surface area contributed by atoms with E-state index in [1.54, 1.807) is 7.05 Å². The lowest BCUT2D eigenvalue weighted by atomic mass is 10.2. The second-order valence-corrected chi connectivity index (χ2v) is 2.95. The SMILES string of the molecule is Cn1cc2c(C(F)F)cc(=O)[nH]c2n1. The number of alkyl halides is 2. The topological polar surface area (TPSA) is 50.7 Å². The minimum Gasteiger partial charge on any atom is -0.305 e. The molecule has 2 aromatic heterocycles. The zero-order valence-corrected chi connectivity index (χ0v) is 7.29. The predicted molar refractivity (Wildman–Crippen MR) is 46.3 cm³/mol. The minimum absolute atomic E-state index is 0.190. The molecule has 74 valence electrons. The van der Waals surface area contributed by atoms with Crippen molar-refractivity contribution in [3.8, 4) is 0 Å². The van der Waals surface area contributed by atoms with Crippen molar-refractivity contribution in [1.82, 2.24) is 14.8 Å². The van der Waals surface area contributed by atoms with E-state index in [2.05, 4.69) is 10.1 Å². The largest absolute Gasteiger partial charge is 0.305 e. The minimum atomic E-state index is -2.66. The number of H-pyrrole nitrogens is 1. The number of pyridine rings is 1. The van der Waals surface area contributed by atoms with E-state index in [1.807, 2.05) is 0 Å². The Bertz CT molecular complexity index is 529. The van der Waals surface area contributed by atoms with Crippen LogP contribution in [0.2, 0.25) is 0 Å². The highest BCUT2D eigenvalue weighted by Crippen LogP contribution is 2.24. The summed E-state index contributed by atoms with van der Waals surface area (Å²) in [6.07, 6.45) is -1.21. The van der Waals surface area contributed by atoms with Crippen molar-refractivity contribution in [3.05, 3.63) is 28.2 Å². The average Bonchev–Trinajstić information content (AvgIpc) is 2.42. The molecule has 0 aliphatic carbocycles. The Kier molecular flexibility index (Phi) is 1.83. The Morgan fingerprint density at radius 1 is 1.57 bits per heavy atom. The summed E-state index contributed by atoms with van der Waals surface area (Å²) in [5.74, 6) is 0. The van der Waals surface area contributed by atoms with Crippen molar-refractivity contribution in [3.63, 3.8) is 0 Å². The molecular formula is C8H7F2N3O. The third kappa shape index (κ3) is 1.28. The zero-order chi connectivity index (χ0) is 10.3. The molecule has 2 aromatic rings. The van der Waals surface area contributed by atoms with Crippen LogP contribution in [-0.2, 0) is 7.05 Å². The van der Waals surface area contributed by atoms with Crippen LogP contribution in [0, 0.1) is 0 Å². The second-order valence-electron chi connectivity index (χ2n) is 2.95. The lowest BCUT2D eigenvalue weighted by Gasteiger charge is -1.98. The van der Waals surface area contributed by atoms with Gasteiger partial charge in [-0.15, -0.1) is 0 Å². The van der Waals surface area contributed by atoms with E-state index in [4.69, 9.17) is 0 Å². The van der Waals surface area contributed by atoms with Gasteiger partial charge in [0.2, 0.25) is 5.56 Å². The number of nitrogens with zero attached hydrogens (tertiary/aromatic N) is 2. The molecule has 14 heavy (non-hydrogen) atoms. The summed E-state index contributed by atoms with van der Waals surface area (Å²) in [5.41, 5.74) is -0.654. The van der Waals surface area contributed by atoms with Gasteiger partial charge in [-0.3, -0.25) is 9.48 Å². The molecule has 0 atom stereocenters. The van der Waals surface area contributed by atoms with Crippen LogP contribution in [-0.4, -0.2) is 14.8 Å². The van der Waals surface area contributed by atoms with Gasteiger partial charge < -0.3 is 4.98 Å². The Hall–Kier alpha value is -1.72. The van der Waals surface area contributed by atoms with Crippen LogP contribution in [0.15, 0.2) is 17.1 Å². The zero-order valence-electron chi connectivity index (χ0n) is 7.29. The summed E-state index contributed by atoms with van der Waals surface area (Å²) in [6, 6.07) is 0.897. The Labute approximate surface area is 77.2 Å². The quantitative estimate of drug-likeness (QED) is 0.750. The highest BCUT2D eigenvalue weighted by molar-refractivity contribution is 5.78. The van der Waals surface area contributed by atoms with Crippen molar-refractivity contribution >= 4 is 11.0 Å². The van der Waals surface area contributed by atoms with Crippen molar-refractivity contribution in [2.75, 3.05) is 0 Å². The third-order valence-corrected chi connectivity index (χ3v) is 1.90. The number of hydrogen-bond acceptors (Lipinski definition) is 2. The van der Waals surface area contributed by atoms with Crippen molar-refractivity contribution in [2.45, 2.75) is 6.43 Å². The molecule has 0 bridgehead atoms. The molecular weight excluding hydrogens is 192 g/mol. The van der Waals surface area contributed by atoms with E-state index in [0.717, 1.165) is 6.07 Å². The highest BCUT2D eigenvalue weighted by atomic mass is 19.3. The molecule has 6 heteroatoms. The third-order valence-electron chi connectivity index (χ3n) is 1.90. The van der Waals surface area contributed by atoms with E-state index < -0.39 is 12.0 Å². The van der Waals surface area contributed by atoms with Crippen LogP contribution in [0.25, 0.3) is 11.0 Å². The van der Waals surface area contributed by atoms with Gasteiger partial charge in [-0.2, -0.15) is 5.10 Å². The lowest BCUT2D eigenvalue weighted by molar-refractivity contribution is 0.153. The van der Waals surface area contributed by atoms with Gasteiger partial charge in [0.1, 0.15) is 0 Å². The maximum atomic E-state index is 12.5. The van der Waals surface area contributed by atoms with Crippen LogP contribution in [0.4, 0.5) is 8.78 Å². The Balaban J connectivity index is 2.86. The van der Waals surface area contributed by atoms with Crippen LogP contribution >= 0.6 is 0 Å². The van der Waals surface area contributed by atoms with Gasteiger partial charge >= 0.3 is 0 Å². The first-order valence-corrected chi connectivity index (χ1v) is 3.92. The molecule has 2 rings (SSSR count). The number of rotatable bonds is 1. The number of aromatic amines is 1. The summed E-state index contributed by atoms with van der Waals surface area (Å²) in [7, 11) is 1.60. The molecule has 0 aliphatic rings. The van der Waals surface area contributed by atoms with E-state index >= 15 is 0 Å². The summed E-state index contributed by atoms with van der Waals surface area (Å²) in [6.45, 7) is 0. The van der Waals surface area contributed by atoms with Gasteiger partial charge in [0, 0.05) is 30.3 Å². The average molecular weight is 199 g/mol. The molecule has 1 N–H and O–H groups in total. The highest BCUT2D eigenvalue weighted by Gasteiger charge is 2.14. The molecule has 0 aromatic carbocycles. The molecule has 2 heterocycles. The molecule has 0 saturated heterocycles. The molecule has 0 spiro atoms. The van der Waals surface area contributed by atoms with E-state index in [9.17, 15) is 13.6 Å². The summed E-state index contributed by atoms with van der Waals surface area (Å²) < 4.78 is 26.4. The van der Waals surface area contributed by atoms with E-state index in [-0.39, 0.29) is 16.6 Å². The summed E-state index contributed by atoms with van der Waals surface area (Å²) in [4.78, 5) is 13.4. The fourth-order valence-corrected chi connectivity index (χ4v) is 1.34. The van der Waals surface area contributed by atoms with Crippen LogP contribution < -0.4 is 5.56 Å². The Morgan fingerprint density at radius 3 is 2.93 bits per heavy atom. The molecule has 0 amide bonds. The smallest absolute Gasteiger partial charge is 0.264 e. The van der Waals surface area contributed by atoms with E-state index in [1.165, 1.54) is 10.9 Å². The number of aromatic nitrogens is 3. The summed E-state index contributed by atoms with van der Waals surface area (Å²) >= 11 is 0. The van der Waals surface area contributed by atoms with Crippen LogP contribution in [0.3, 0.4) is 0 Å². The van der Waals surface area contributed by atoms with Crippen molar-refractivity contribution in [1.29, 1.82) is 0 Å². The van der Waals surface area contributed by atoms with Gasteiger partial charge in [-0.05, 0) is 0 Å². The summed E-state index contributed by atoms with van der Waals surface area (Å²) in [5, 5.41) is 4.12.